The van der Waals surface area contributed by atoms with Crippen LogP contribution in [0, 0.1) is 5.92 Å². The molecule has 1 saturated carbocycles. The SMILES string of the molecule is COc1ccc(C(=O)N2CCC(NC(=O)N[C@@H](c3cccc(Cl)c3)C3CCCC3)CC2)cc1. The molecule has 0 radical (unpaired) electrons. The van der Waals surface area contributed by atoms with Gasteiger partial charge < -0.3 is 20.3 Å². The van der Waals surface area contributed by atoms with Crippen molar-refractivity contribution in [3.8, 4) is 5.75 Å². The van der Waals surface area contributed by atoms with Crippen molar-refractivity contribution in [3.63, 3.8) is 0 Å². The van der Waals surface area contributed by atoms with Gasteiger partial charge in [-0.25, -0.2) is 4.79 Å². The number of halogens is 1. The number of piperidine rings is 1. The number of hydrogen-bond acceptors (Lipinski definition) is 3. The smallest absolute Gasteiger partial charge is 0.315 e. The first-order valence-corrected chi connectivity index (χ1v) is 12.2. The van der Waals surface area contributed by atoms with Gasteiger partial charge in [0.05, 0.1) is 13.2 Å². The number of rotatable bonds is 6. The molecule has 176 valence electrons. The molecule has 33 heavy (non-hydrogen) atoms. The second-order valence-electron chi connectivity index (χ2n) is 8.99. The summed E-state index contributed by atoms with van der Waals surface area (Å²) in [6.45, 7) is 1.24. The second kappa shape index (κ2) is 10.9. The maximum absolute atomic E-state index is 12.9. The summed E-state index contributed by atoms with van der Waals surface area (Å²) in [5.74, 6) is 1.18. The molecule has 1 saturated heterocycles. The predicted molar refractivity (Wildman–Crippen MR) is 130 cm³/mol. The fourth-order valence-corrected chi connectivity index (χ4v) is 5.17. The second-order valence-corrected chi connectivity index (χ2v) is 9.43. The van der Waals surface area contributed by atoms with Gasteiger partial charge in [-0.05, 0) is 73.6 Å². The van der Waals surface area contributed by atoms with Crippen LogP contribution < -0.4 is 15.4 Å². The van der Waals surface area contributed by atoms with E-state index in [1.807, 2.05) is 29.2 Å². The zero-order valence-corrected chi connectivity index (χ0v) is 19.8. The van der Waals surface area contributed by atoms with E-state index in [2.05, 4.69) is 10.6 Å². The van der Waals surface area contributed by atoms with Crippen LogP contribution in [-0.2, 0) is 0 Å². The molecule has 2 aliphatic rings. The molecule has 1 aliphatic heterocycles. The number of carbonyl (C=O) groups excluding carboxylic acids is 2. The highest BCUT2D eigenvalue weighted by atomic mass is 35.5. The van der Waals surface area contributed by atoms with Crippen LogP contribution in [0.3, 0.4) is 0 Å². The number of nitrogens with one attached hydrogen (secondary N) is 2. The number of nitrogens with zero attached hydrogens (tertiary/aromatic N) is 1. The summed E-state index contributed by atoms with van der Waals surface area (Å²) in [5.41, 5.74) is 1.71. The number of carbonyl (C=O) groups is 2. The third-order valence-electron chi connectivity index (χ3n) is 6.82. The number of ether oxygens (including phenoxy) is 1. The van der Waals surface area contributed by atoms with Crippen LogP contribution in [0.2, 0.25) is 5.02 Å². The van der Waals surface area contributed by atoms with Crippen molar-refractivity contribution in [1.29, 1.82) is 0 Å². The van der Waals surface area contributed by atoms with E-state index in [-0.39, 0.29) is 24.0 Å². The van der Waals surface area contributed by atoms with Crippen LogP contribution in [-0.4, -0.2) is 43.1 Å². The number of hydrogen-bond donors (Lipinski definition) is 2. The van der Waals surface area contributed by atoms with Gasteiger partial charge in [-0.2, -0.15) is 0 Å². The van der Waals surface area contributed by atoms with E-state index >= 15 is 0 Å². The zero-order chi connectivity index (χ0) is 23.2. The molecule has 6 nitrogen and oxygen atoms in total. The highest BCUT2D eigenvalue weighted by Crippen LogP contribution is 2.36. The summed E-state index contributed by atoms with van der Waals surface area (Å²) in [6.07, 6.45) is 6.10. The van der Waals surface area contributed by atoms with Crippen molar-refractivity contribution in [2.24, 2.45) is 5.92 Å². The maximum Gasteiger partial charge on any atom is 0.315 e. The minimum atomic E-state index is -0.146. The molecule has 2 N–H and O–H groups in total. The lowest BCUT2D eigenvalue weighted by molar-refractivity contribution is 0.0708. The highest BCUT2D eigenvalue weighted by Gasteiger charge is 2.29. The lowest BCUT2D eigenvalue weighted by Gasteiger charge is -2.33. The van der Waals surface area contributed by atoms with Crippen molar-refractivity contribution in [1.82, 2.24) is 15.5 Å². The Labute approximate surface area is 200 Å². The van der Waals surface area contributed by atoms with Crippen LogP contribution in [0.4, 0.5) is 4.79 Å². The zero-order valence-electron chi connectivity index (χ0n) is 19.1. The number of methoxy groups -OCH3 is 1. The minimum absolute atomic E-state index is 0.0165. The maximum atomic E-state index is 12.9. The van der Waals surface area contributed by atoms with Crippen molar-refractivity contribution < 1.29 is 14.3 Å². The summed E-state index contributed by atoms with van der Waals surface area (Å²) >= 11 is 6.22. The van der Waals surface area contributed by atoms with Gasteiger partial charge in [-0.15, -0.1) is 0 Å². The molecule has 2 aromatic rings. The fourth-order valence-electron chi connectivity index (χ4n) is 4.98. The normalized spacial score (nSPS) is 18.1. The van der Waals surface area contributed by atoms with Crippen LogP contribution in [0.15, 0.2) is 48.5 Å². The van der Waals surface area contributed by atoms with Crippen molar-refractivity contribution in [2.75, 3.05) is 20.2 Å². The summed E-state index contributed by atoms with van der Waals surface area (Å²) in [7, 11) is 1.61. The molecule has 0 spiro atoms. The minimum Gasteiger partial charge on any atom is -0.497 e. The van der Waals surface area contributed by atoms with E-state index in [4.69, 9.17) is 16.3 Å². The molecular formula is C26H32ClN3O3. The summed E-state index contributed by atoms with van der Waals surface area (Å²) < 4.78 is 5.16. The summed E-state index contributed by atoms with van der Waals surface area (Å²) in [6, 6.07) is 14.8. The van der Waals surface area contributed by atoms with E-state index in [0.29, 0.717) is 29.6 Å². The van der Waals surface area contributed by atoms with Crippen molar-refractivity contribution in [2.45, 2.75) is 50.6 Å². The Balaban J connectivity index is 1.31. The van der Waals surface area contributed by atoms with Gasteiger partial charge in [0.1, 0.15) is 5.75 Å². The number of likely N-dealkylation sites (tertiary alicyclic amines) is 1. The van der Waals surface area contributed by atoms with E-state index in [9.17, 15) is 9.59 Å². The van der Waals surface area contributed by atoms with Gasteiger partial charge in [-0.3, -0.25) is 4.79 Å². The van der Waals surface area contributed by atoms with Gasteiger partial charge in [-0.1, -0.05) is 36.6 Å². The Hall–Kier alpha value is -2.73. The van der Waals surface area contributed by atoms with Crippen molar-refractivity contribution in [3.05, 3.63) is 64.7 Å². The molecule has 0 aromatic heterocycles. The molecule has 1 atom stereocenters. The summed E-state index contributed by atoms with van der Waals surface area (Å²) in [5, 5.41) is 7.04. The first-order chi connectivity index (χ1) is 16.0. The van der Waals surface area contributed by atoms with E-state index in [1.54, 1.807) is 31.4 Å². The molecule has 1 heterocycles. The Morgan fingerprint density at radius 2 is 1.73 bits per heavy atom. The van der Waals surface area contributed by atoms with Crippen LogP contribution in [0.1, 0.15) is 60.5 Å². The van der Waals surface area contributed by atoms with Crippen LogP contribution >= 0.6 is 11.6 Å². The molecule has 7 heteroatoms. The fraction of sp³-hybridized carbons (Fsp3) is 0.462. The summed E-state index contributed by atoms with van der Waals surface area (Å²) in [4.78, 5) is 27.5. The average molecular weight is 470 g/mol. The third kappa shape index (κ3) is 5.99. The Morgan fingerprint density at radius 1 is 1.03 bits per heavy atom. The van der Waals surface area contributed by atoms with Crippen LogP contribution in [0.5, 0.6) is 5.75 Å². The van der Waals surface area contributed by atoms with Gasteiger partial charge in [0.25, 0.3) is 5.91 Å². The Bertz CT molecular complexity index is 952. The molecule has 0 bridgehead atoms. The van der Waals surface area contributed by atoms with Gasteiger partial charge in [0.2, 0.25) is 0 Å². The quantitative estimate of drug-likeness (QED) is 0.612. The first kappa shape index (κ1) is 23.4. The predicted octanol–water partition coefficient (Wildman–Crippen LogP) is 5.18. The first-order valence-electron chi connectivity index (χ1n) is 11.8. The number of amides is 3. The highest BCUT2D eigenvalue weighted by molar-refractivity contribution is 6.30. The van der Waals surface area contributed by atoms with Gasteiger partial charge in [0, 0.05) is 29.7 Å². The molecule has 4 rings (SSSR count). The van der Waals surface area contributed by atoms with E-state index in [1.165, 1.54) is 12.8 Å². The lowest BCUT2D eigenvalue weighted by atomic mass is 9.91. The van der Waals surface area contributed by atoms with Gasteiger partial charge >= 0.3 is 6.03 Å². The van der Waals surface area contributed by atoms with Crippen LogP contribution in [0.25, 0.3) is 0 Å². The standard InChI is InChI=1S/C26H32ClN3O3/c1-33-23-11-9-19(10-12-23)25(31)30-15-13-22(14-16-30)28-26(32)29-24(18-5-2-3-6-18)20-7-4-8-21(27)17-20/h4,7-12,17-18,22,24H,2-3,5-6,13-16H2,1H3,(H2,28,29,32)/t24-/m1/s1. The van der Waals surface area contributed by atoms with Gasteiger partial charge in [0.15, 0.2) is 0 Å². The number of urea groups is 1. The molecule has 2 fully saturated rings. The largest absolute Gasteiger partial charge is 0.497 e. The molecule has 2 aromatic carbocycles. The van der Waals surface area contributed by atoms with E-state index in [0.717, 1.165) is 37.0 Å². The average Bonchev–Trinajstić information content (AvgIpc) is 3.37. The monoisotopic (exact) mass is 469 g/mol. The Kier molecular flexibility index (Phi) is 7.76. The molecule has 3 amide bonds. The molecular weight excluding hydrogens is 438 g/mol. The number of benzene rings is 2. The Morgan fingerprint density at radius 3 is 2.36 bits per heavy atom. The lowest BCUT2D eigenvalue weighted by Crippen LogP contribution is -2.50. The third-order valence-corrected chi connectivity index (χ3v) is 7.06. The van der Waals surface area contributed by atoms with E-state index < -0.39 is 0 Å². The topological polar surface area (TPSA) is 70.7 Å². The van der Waals surface area contributed by atoms with Crippen molar-refractivity contribution >= 4 is 23.5 Å². The molecule has 0 unspecified atom stereocenters. The molecule has 1 aliphatic carbocycles.